The minimum absolute atomic E-state index is 0.0609. The summed E-state index contributed by atoms with van der Waals surface area (Å²) >= 11 is 0. The molecule has 31 heavy (non-hydrogen) atoms. The Balaban J connectivity index is 1.66. The van der Waals surface area contributed by atoms with Crippen LogP contribution in [0, 0.1) is 6.92 Å². The highest BCUT2D eigenvalue weighted by Crippen LogP contribution is 2.35. The second-order valence-corrected chi connectivity index (χ2v) is 8.37. The molecule has 1 aliphatic heterocycles. The molecule has 1 aliphatic carbocycles. The summed E-state index contributed by atoms with van der Waals surface area (Å²) in [5.74, 6) is 0.592. The molecule has 2 aromatic rings. The topological polar surface area (TPSA) is 70.0 Å². The number of nitrogens with zero attached hydrogens (tertiary/aromatic N) is 2. The van der Waals surface area contributed by atoms with Crippen molar-refractivity contribution in [3.05, 3.63) is 51.2 Å². The standard InChI is InChI=1S/C24H30N2O5/c1-15-21(27)12-22(31-14-19(30-4)13-29-3)26-10-9-16-11-17(5-8-20(16)23(15)26)24(28)25(2)18-6-7-18/h5,8,11-12,18-19H,6-7,9-10,13-14H2,1-4H3/t19-/m0/s1. The van der Waals surface area contributed by atoms with Gasteiger partial charge in [0.25, 0.3) is 5.91 Å². The molecule has 0 radical (unpaired) electrons. The lowest BCUT2D eigenvalue weighted by Crippen LogP contribution is -2.29. The molecule has 0 bridgehead atoms. The third-order valence-corrected chi connectivity index (χ3v) is 6.25. The Hall–Kier alpha value is -2.64. The van der Waals surface area contributed by atoms with Gasteiger partial charge >= 0.3 is 0 Å². The Bertz CT molecular complexity index is 1040. The van der Waals surface area contributed by atoms with Gasteiger partial charge < -0.3 is 23.7 Å². The van der Waals surface area contributed by atoms with Gasteiger partial charge in [0.1, 0.15) is 12.7 Å². The molecule has 0 N–H and O–H groups in total. The van der Waals surface area contributed by atoms with Crippen molar-refractivity contribution in [3.63, 3.8) is 0 Å². The van der Waals surface area contributed by atoms with Crippen molar-refractivity contribution in [2.75, 3.05) is 34.5 Å². The number of hydrogen-bond donors (Lipinski definition) is 0. The molecule has 2 aliphatic rings. The van der Waals surface area contributed by atoms with Crippen LogP contribution in [-0.2, 0) is 22.4 Å². The lowest BCUT2D eigenvalue weighted by molar-refractivity contribution is -0.000948. The van der Waals surface area contributed by atoms with E-state index in [1.54, 1.807) is 20.3 Å². The first kappa shape index (κ1) is 21.6. The highest BCUT2D eigenvalue weighted by Gasteiger charge is 2.31. The number of methoxy groups -OCH3 is 2. The van der Waals surface area contributed by atoms with Crippen LogP contribution in [0.5, 0.6) is 5.88 Å². The van der Waals surface area contributed by atoms with Gasteiger partial charge in [0.2, 0.25) is 0 Å². The summed E-state index contributed by atoms with van der Waals surface area (Å²) in [6.07, 6.45) is 2.71. The van der Waals surface area contributed by atoms with Gasteiger partial charge in [-0.2, -0.15) is 0 Å². The summed E-state index contributed by atoms with van der Waals surface area (Å²) < 4.78 is 18.6. The van der Waals surface area contributed by atoms with E-state index in [4.69, 9.17) is 14.2 Å². The molecule has 2 heterocycles. The normalized spacial score (nSPS) is 15.7. The van der Waals surface area contributed by atoms with E-state index in [0.29, 0.717) is 42.8 Å². The van der Waals surface area contributed by atoms with Crippen LogP contribution in [0.1, 0.15) is 34.3 Å². The number of aromatic nitrogens is 1. The summed E-state index contributed by atoms with van der Waals surface area (Å²) in [6.45, 7) is 3.22. The number of pyridine rings is 1. The van der Waals surface area contributed by atoms with Crippen LogP contribution in [0.2, 0.25) is 0 Å². The minimum Gasteiger partial charge on any atom is -0.476 e. The zero-order chi connectivity index (χ0) is 22.1. The van der Waals surface area contributed by atoms with E-state index in [-0.39, 0.29) is 17.4 Å². The number of ether oxygens (including phenoxy) is 3. The van der Waals surface area contributed by atoms with E-state index in [2.05, 4.69) is 4.57 Å². The monoisotopic (exact) mass is 426 g/mol. The molecular formula is C24H30N2O5. The SMILES string of the molecule is COC[C@@H](COc1cc(=O)c(C)c2n1CCc1cc(C(=O)N(C)C3CC3)ccc1-2)OC. The minimum atomic E-state index is -0.217. The number of rotatable bonds is 8. The third kappa shape index (κ3) is 4.25. The lowest BCUT2D eigenvalue weighted by Gasteiger charge is -2.28. The van der Waals surface area contributed by atoms with Gasteiger partial charge in [-0.3, -0.25) is 9.59 Å². The fourth-order valence-corrected chi connectivity index (χ4v) is 4.19. The fourth-order valence-electron chi connectivity index (χ4n) is 4.19. The van der Waals surface area contributed by atoms with Crippen LogP contribution >= 0.6 is 0 Å². The van der Waals surface area contributed by atoms with E-state index >= 15 is 0 Å². The number of benzene rings is 1. The van der Waals surface area contributed by atoms with Gasteiger partial charge in [0.05, 0.1) is 12.3 Å². The van der Waals surface area contributed by atoms with Gasteiger partial charge in [0.15, 0.2) is 11.3 Å². The molecule has 0 spiro atoms. The van der Waals surface area contributed by atoms with Crippen LogP contribution < -0.4 is 10.2 Å². The Morgan fingerprint density at radius 1 is 1.23 bits per heavy atom. The number of fused-ring (bicyclic) bond motifs is 3. The first-order valence-electron chi connectivity index (χ1n) is 10.7. The first-order valence-corrected chi connectivity index (χ1v) is 10.7. The second kappa shape index (κ2) is 8.85. The van der Waals surface area contributed by atoms with Crippen LogP contribution in [0.15, 0.2) is 29.1 Å². The van der Waals surface area contributed by atoms with Crippen molar-refractivity contribution in [2.45, 2.75) is 44.9 Å². The maximum absolute atomic E-state index is 12.8. The number of carbonyl (C=O) groups is 1. The van der Waals surface area contributed by atoms with Crippen LogP contribution in [0.25, 0.3) is 11.3 Å². The zero-order valence-corrected chi connectivity index (χ0v) is 18.6. The third-order valence-electron chi connectivity index (χ3n) is 6.25. The summed E-state index contributed by atoms with van der Waals surface area (Å²) in [5, 5.41) is 0. The molecule has 1 aromatic heterocycles. The van der Waals surface area contributed by atoms with Crippen molar-refractivity contribution in [1.29, 1.82) is 0 Å². The summed E-state index contributed by atoms with van der Waals surface area (Å²) in [5.41, 5.74) is 4.25. The van der Waals surface area contributed by atoms with Crippen molar-refractivity contribution in [1.82, 2.24) is 9.47 Å². The van der Waals surface area contributed by atoms with E-state index in [9.17, 15) is 9.59 Å². The van der Waals surface area contributed by atoms with E-state index in [0.717, 1.165) is 36.1 Å². The smallest absolute Gasteiger partial charge is 0.253 e. The second-order valence-electron chi connectivity index (χ2n) is 8.37. The van der Waals surface area contributed by atoms with Crippen LogP contribution in [-0.4, -0.2) is 62.0 Å². The highest BCUT2D eigenvalue weighted by atomic mass is 16.6. The largest absolute Gasteiger partial charge is 0.476 e. The lowest BCUT2D eigenvalue weighted by atomic mass is 9.92. The molecule has 1 saturated carbocycles. The maximum atomic E-state index is 12.8. The molecule has 0 saturated heterocycles. The van der Waals surface area contributed by atoms with Crippen molar-refractivity contribution in [3.8, 4) is 17.1 Å². The molecule has 1 atom stereocenters. The van der Waals surface area contributed by atoms with Gasteiger partial charge in [-0.05, 0) is 43.9 Å². The molecule has 1 fully saturated rings. The first-order chi connectivity index (χ1) is 14.9. The van der Waals surface area contributed by atoms with E-state index in [1.807, 2.05) is 37.1 Å². The van der Waals surface area contributed by atoms with Gasteiger partial charge in [-0.25, -0.2) is 0 Å². The van der Waals surface area contributed by atoms with E-state index in [1.165, 1.54) is 0 Å². The molecule has 7 nitrogen and oxygen atoms in total. The van der Waals surface area contributed by atoms with Gasteiger partial charge in [-0.15, -0.1) is 0 Å². The zero-order valence-electron chi connectivity index (χ0n) is 18.6. The summed E-state index contributed by atoms with van der Waals surface area (Å²) in [4.78, 5) is 27.3. The predicted octanol–water partition coefficient (Wildman–Crippen LogP) is 2.65. The van der Waals surface area contributed by atoms with Crippen molar-refractivity contribution < 1.29 is 19.0 Å². The van der Waals surface area contributed by atoms with Crippen molar-refractivity contribution in [2.24, 2.45) is 0 Å². The Morgan fingerprint density at radius 3 is 2.68 bits per heavy atom. The van der Waals surface area contributed by atoms with Gasteiger partial charge in [-0.1, -0.05) is 6.07 Å². The molecule has 1 amide bonds. The Labute approximate surface area is 182 Å². The number of carbonyl (C=O) groups excluding carboxylic acids is 1. The maximum Gasteiger partial charge on any atom is 0.253 e. The molecule has 0 unspecified atom stereocenters. The number of hydrogen-bond acceptors (Lipinski definition) is 5. The number of amides is 1. The molecule has 166 valence electrons. The average Bonchev–Trinajstić information content (AvgIpc) is 3.63. The Morgan fingerprint density at radius 2 is 2.00 bits per heavy atom. The molecular weight excluding hydrogens is 396 g/mol. The van der Waals surface area contributed by atoms with Crippen molar-refractivity contribution >= 4 is 5.91 Å². The van der Waals surface area contributed by atoms with Gasteiger partial charge in [0, 0.05) is 56.6 Å². The molecule has 4 rings (SSSR count). The number of aryl methyl sites for hydroxylation is 1. The summed E-state index contributed by atoms with van der Waals surface area (Å²) in [7, 11) is 5.10. The van der Waals surface area contributed by atoms with E-state index < -0.39 is 0 Å². The Kier molecular flexibility index (Phi) is 6.16. The quantitative estimate of drug-likeness (QED) is 0.649. The molecule has 7 heteroatoms. The highest BCUT2D eigenvalue weighted by molar-refractivity contribution is 5.95. The fraction of sp³-hybridized carbons (Fsp3) is 0.500. The molecule has 1 aromatic carbocycles. The summed E-state index contributed by atoms with van der Waals surface area (Å²) in [6, 6.07) is 7.74. The van der Waals surface area contributed by atoms with Crippen LogP contribution in [0.3, 0.4) is 0 Å². The average molecular weight is 427 g/mol. The predicted molar refractivity (Wildman–Crippen MR) is 118 cm³/mol. The van der Waals surface area contributed by atoms with Crippen LogP contribution in [0.4, 0.5) is 0 Å².